The number of fused-ring (bicyclic) bond motifs is 2. The molecule has 0 saturated heterocycles. The molecule has 70 valence electrons. The van der Waals surface area contributed by atoms with Crippen LogP contribution in [0.25, 0.3) is 0 Å². The Kier molecular flexibility index (Phi) is 2.48. The fourth-order valence-electron chi connectivity index (χ4n) is 1.47. The van der Waals surface area contributed by atoms with Gasteiger partial charge in [0.05, 0.1) is 25.4 Å². The highest BCUT2D eigenvalue weighted by atomic mass is 35.5. The fourth-order valence-corrected chi connectivity index (χ4v) is 1.47. The standard InChI is InChI=1S/C9H8O3.ClH/c1-11-8-5-3-4-6(7(5)10)9(8)12-2;/h3-4H,1-2H3;1H. The van der Waals surface area contributed by atoms with Crippen LogP contribution in [0.15, 0.2) is 34.8 Å². The fraction of sp³-hybridized carbons (Fsp3) is 0.222. The lowest BCUT2D eigenvalue weighted by molar-refractivity contribution is -0.111. The first-order chi connectivity index (χ1) is 5.79. The van der Waals surface area contributed by atoms with Crippen LogP contribution in [0.1, 0.15) is 0 Å². The third-order valence-corrected chi connectivity index (χ3v) is 2.01. The summed E-state index contributed by atoms with van der Waals surface area (Å²) in [7, 11) is 3.06. The monoisotopic (exact) mass is 200 g/mol. The van der Waals surface area contributed by atoms with E-state index < -0.39 is 0 Å². The van der Waals surface area contributed by atoms with Crippen LogP contribution < -0.4 is 0 Å². The predicted molar refractivity (Wildman–Crippen MR) is 49.5 cm³/mol. The van der Waals surface area contributed by atoms with Crippen molar-refractivity contribution >= 4 is 18.2 Å². The number of rotatable bonds is 2. The average Bonchev–Trinajstić information content (AvgIpc) is 2.58. The Labute approximate surface area is 82.1 Å². The Hall–Kier alpha value is -1.22. The summed E-state index contributed by atoms with van der Waals surface area (Å²) in [6.45, 7) is 0. The highest BCUT2D eigenvalue weighted by Crippen LogP contribution is 2.36. The van der Waals surface area contributed by atoms with Crippen molar-refractivity contribution in [3.8, 4) is 0 Å². The maximum atomic E-state index is 11.4. The van der Waals surface area contributed by atoms with Crippen LogP contribution in [0.4, 0.5) is 0 Å². The van der Waals surface area contributed by atoms with Crippen LogP contribution in [0.2, 0.25) is 0 Å². The summed E-state index contributed by atoms with van der Waals surface area (Å²) in [5.41, 5.74) is 1.20. The van der Waals surface area contributed by atoms with Gasteiger partial charge in [0.15, 0.2) is 11.5 Å². The molecule has 2 aliphatic carbocycles. The molecule has 0 amide bonds. The molecule has 4 heteroatoms. The van der Waals surface area contributed by atoms with Gasteiger partial charge < -0.3 is 9.47 Å². The number of ketones is 1. The van der Waals surface area contributed by atoms with Crippen LogP contribution >= 0.6 is 12.4 Å². The molecule has 13 heavy (non-hydrogen) atoms. The number of carbonyl (C=O) groups is 1. The summed E-state index contributed by atoms with van der Waals surface area (Å²) in [6.07, 6.45) is 3.50. The van der Waals surface area contributed by atoms with E-state index in [9.17, 15) is 4.79 Å². The number of hydrogen-bond acceptors (Lipinski definition) is 3. The molecular formula is C9H9ClO3. The molecular weight excluding hydrogens is 192 g/mol. The van der Waals surface area contributed by atoms with Crippen LogP contribution in [0.5, 0.6) is 0 Å². The Morgan fingerprint density at radius 1 is 1.00 bits per heavy atom. The topological polar surface area (TPSA) is 35.5 Å². The second kappa shape index (κ2) is 3.26. The molecule has 0 fully saturated rings. The Morgan fingerprint density at radius 2 is 1.38 bits per heavy atom. The number of hydrogen-bond donors (Lipinski definition) is 0. The van der Waals surface area contributed by atoms with Gasteiger partial charge in [0.2, 0.25) is 5.78 Å². The van der Waals surface area contributed by atoms with Crippen molar-refractivity contribution in [1.29, 1.82) is 0 Å². The van der Waals surface area contributed by atoms with Gasteiger partial charge in [0.1, 0.15) is 0 Å². The van der Waals surface area contributed by atoms with E-state index in [1.165, 1.54) is 14.2 Å². The summed E-state index contributed by atoms with van der Waals surface area (Å²) in [5.74, 6) is 1.11. The molecule has 0 saturated carbocycles. The molecule has 0 heterocycles. The number of ether oxygens (including phenoxy) is 2. The van der Waals surface area contributed by atoms with E-state index >= 15 is 0 Å². The van der Waals surface area contributed by atoms with Gasteiger partial charge in [0, 0.05) is 0 Å². The normalized spacial score (nSPS) is 18.2. The molecule has 3 nitrogen and oxygen atoms in total. The first kappa shape index (κ1) is 9.86. The SMILES string of the molecule is COC1=C2C=CC(=C1OC)C2=O.Cl. The minimum atomic E-state index is 0. The van der Waals surface area contributed by atoms with Crippen molar-refractivity contribution in [2.75, 3.05) is 14.2 Å². The maximum Gasteiger partial charge on any atom is 0.200 e. The van der Waals surface area contributed by atoms with Crippen molar-refractivity contribution in [1.82, 2.24) is 0 Å². The molecule has 0 aromatic carbocycles. The van der Waals surface area contributed by atoms with Gasteiger partial charge in [0.25, 0.3) is 0 Å². The molecule has 0 spiro atoms. The van der Waals surface area contributed by atoms with Gasteiger partial charge in [-0.1, -0.05) is 0 Å². The van der Waals surface area contributed by atoms with Crippen LogP contribution in [0.3, 0.4) is 0 Å². The minimum absolute atomic E-state index is 0. The zero-order chi connectivity index (χ0) is 8.72. The minimum Gasteiger partial charge on any atom is -0.492 e. The number of methoxy groups -OCH3 is 2. The van der Waals surface area contributed by atoms with Gasteiger partial charge in [-0.3, -0.25) is 4.79 Å². The van der Waals surface area contributed by atoms with Gasteiger partial charge in [-0.15, -0.1) is 12.4 Å². The summed E-state index contributed by atoms with van der Waals surface area (Å²) in [6, 6.07) is 0. The number of halogens is 1. The van der Waals surface area contributed by atoms with Crippen molar-refractivity contribution in [3.05, 3.63) is 34.8 Å². The number of allylic oxidation sites excluding steroid dienone is 4. The van der Waals surface area contributed by atoms with Crippen LogP contribution in [-0.4, -0.2) is 20.0 Å². The van der Waals surface area contributed by atoms with Gasteiger partial charge in [-0.05, 0) is 12.2 Å². The molecule has 0 aromatic heterocycles. The third-order valence-electron chi connectivity index (χ3n) is 2.01. The van der Waals surface area contributed by atoms with E-state index in [0.717, 1.165) is 0 Å². The molecule has 0 N–H and O–H groups in total. The van der Waals surface area contributed by atoms with Gasteiger partial charge >= 0.3 is 0 Å². The molecule has 0 atom stereocenters. The molecule has 2 rings (SSSR count). The predicted octanol–water partition coefficient (Wildman–Crippen LogP) is 1.36. The van der Waals surface area contributed by atoms with E-state index in [-0.39, 0.29) is 18.2 Å². The lowest BCUT2D eigenvalue weighted by atomic mass is 10.2. The van der Waals surface area contributed by atoms with Crippen molar-refractivity contribution in [2.45, 2.75) is 0 Å². The van der Waals surface area contributed by atoms with Crippen LogP contribution in [-0.2, 0) is 14.3 Å². The maximum absolute atomic E-state index is 11.4. The van der Waals surface area contributed by atoms with E-state index in [2.05, 4.69) is 0 Å². The molecule has 0 aromatic rings. The third kappa shape index (κ3) is 1.08. The highest BCUT2D eigenvalue weighted by Gasteiger charge is 2.35. The second-order valence-electron chi connectivity index (χ2n) is 2.56. The van der Waals surface area contributed by atoms with E-state index in [1.807, 2.05) is 0 Å². The van der Waals surface area contributed by atoms with Gasteiger partial charge in [-0.25, -0.2) is 0 Å². The largest absolute Gasteiger partial charge is 0.492 e. The quantitative estimate of drug-likeness (QED) is 0.675. The first-order valence-electron chi connectivity index (χ1n) is 3.59. The van der Waals surface area contributed by atoms with E-state index in [0.29, 0.717) is 22.7 Å². The lowest BCUT2D eigenvalue weighted by Crippen LogP contribution is -1.96. The summed E-state index contributed by atoms with van der Waals surface area (Å²) < 4.78 is 10.1. The summed E-state index contributed by atoms with van der Waals surface area (Å²) in [5, 5.41) is 0. The van der Waals surface area contributed by atoms with Crippen molar-refractivity contribution in [3.63, 3.8) is 0 Å². The zero-order valence-electron chi connectivity index (χ0n) is 7.29. The zero-order valence-corrected chi connectivity index (χ0v) is 8.10. The summed E-state index contributed by atoms with van der Waals surface area (Å²) in [4.78, 5) is 11.4. The van der Waals surface area contributed by atoms with E-state index in [1.54, 1.807) is 12.2 Å². The Morgan fingerprint density at radius 3 is 1.69 bits per heavy atom. The van der Waals surface area contributed by atoms with E-state index in [4.69, 9.17) is 9.47 Å². The van der Waals surface area contributed by atoms with Crippen LogP contribution in [0, 0.1) is 0 Å². The van der Waals surface area contributed by atoms with Gasteiger partial charge in [-0.2, -0.15) is 0 Å². The molecule has 0 unspecified atom stereocenters. The molecule has 0 aliphatic heterocycles. The smallest absolute Gasteiger partial charge is 0.200 e. The van der Waals surface area contributed by atoms with Crippen molar-refractivity contribution in [2.24, 2.45) is 0 Å². The molecule has 0 radical (unpaired) electrons. The summed E-state index contributed by atoms with van der Waals surface area (Å²) >= 11 is 0. The lowest BCUT2D eigenvalue weighted by Gasteiger charge is -2.08. The number of Topliss-reactive ketones (excluding diaryl/α,β-unsaturated/α-hetero) is 1. The first-order valence-corrected chi connectivity index (χ1v) is 3.59. The second-order valence-corrected chi connectivity index (χ2v) is 2.56. The Balaban J connectivity index is 0.000000845. The Bertz CT molecular complexity index is 318. The number of carbonyl (C=O) groups excluding carboxylic acids is 1. The highest BCUT2D eigenvalue weighted by molar-refractivity contribution is 6.19. The molecule has 2 aliphatic rings. The van der Waals surface area contributed by atoms with Crippen molar-refractivity contribution < 1.29 is 14.3 Å². The molecule has 2 bridgehead atoms. The average molecular weight is 201 g/mol.